The van der Waals surface area contributed by atoms with Gasteiger partial charge in [0.05, 0.1) is 0 Å². The van der Waals surface area contributed by atoms with Crippen molar-refractivity contribution in [1.82, 2.24) is 10.9 Å². The topological polar surface area (TPSA) is 88.5 Å². The third-order valence-corrected chi connectivity index (χ3v) is 2.44. The van der Waals surface area contributed by atoms with E-state index in [9.17, 15) is 0 Å². The van der Waals surface area contributed by atoms with Crippen molar-refractivity contribution in [3.8, 4) is 0 Å². The Bertz CT molecular complexity index is 391. The van der Waals surface area contributed by atoms with Gasteiger partial charge in [0.2, 0.25) is 11.7 Å². The molecule has 5 nitrogen and oxygen atoms in total. The predicted molar refractivity (Wildman–Crippen MR) is 57.9 cm³/mol. The van der Waals surface area contributed by atoms with Crippen LogP contribution in [0.2, 0.25) is 0 Å². The molecular weight excluding hydrogens is 246 g/mol. The van der Waals surface area contributed by atoms with E-state index < -0.39 is 5.79 Å². The molecule has 0 saturated carbocycles. The van der Waals surface area contributed by atoms with Crippen molar-refractivity contribution in [3.63, 3.8) is 0 Å². The van der Waals surface area contributed by atoms with Crippen molar-refractivity contribution in [1.29, 1.82) is 0 Å². The lowest BCUT2D eigenvalue weighted by atomic mass is 10.1. The zero-order valence-electron chi connectivity index (χ0n) is 7.29. The second-order valence-corrected chi connectivity index (χ2v) is 3.94. The van der Waals surface area contributed by atoms with Gasteiger partial charge in [0.1, 0.15) is 0 Å². The fourth-order valence-electron chi connectivity index (χ4n) is 1.27. The van der Waals surface area contributed by atoms with Gasteiger partial charge in [-0.1, -0.05) is 28.1 Å². The van der Waals surface area contributed by atoms with Crippen LogP contribution in [0.1, 0.15) is 5.56 Å². The van der Waals surface area contributed by atoms with Gasteiger partial charge in [0.25, 0.3) is 0 Å². The van der Waals surface area contributed by atoms with E-state index in [1.165, 1.54) is 0 Å². The Morgan fingerprint density at radius 1 is 1.43 bits per heavy atom. The van der Waals surface area contributed by atoms with Crippen LogP contribution in [0.25, 0.3) is 0 Å². The maximum atomic E-state index is 5.98. The van der Waals surface area contributed by atoms with Gasteiger partial charge in [-0.05, 0) is 12.1 Å². The van der Waals surface area contributed by atoms with E-state index in [0.29, 0.717) is 0 Å². The average Bonchev–Trinajstić information content (AvgIpc) is 2.48. The molecule has 0 amide bonds. The summed E-state index contributed by atoms with van der Waals surface area (Å²) in [6.07, 6.45) is 0. The Hall–Kier alpha value is -1.11. The van der Waals surface area contributed by atoms with Crippen molar-refractivity contribution in [2.24, 2.45) is 16.5 Å². The largest absolute Gasteiger partial charge is 0.369 e. The van der Waals surface area contributed by atoms with E-state index in [1.807, 2.05) is 24.3 Å². The van der Waals surface area contributed by atoms with Crippen molar-refractivity contribution in [3.05, 3.63) is 34.3 Å². The van der Waals surface area contributed by atoms with E-state index in [0.717, 1.165) is 10.0 Å². The van der Waals surface area contributed by atoms with Gasteiger partial charge in [-0.15, -0.1) is 0 Å². The molecule has 0 spiro atoms. The number of hydrazine groups is 1. The van der Waals surface area contributed by atoms with Crippen LogP contribution in [0.3, 0.4) is 0 Å². The first-order valence-electron chi connectivity index (χ1n) is 4.03. The lowest BCUT2D eigenvalue weighted by molar-refractivity contribution is 0.375. The van der Waals surface area contributed by atoms with Crippen molar-refractivity contribution >= 4 is 21.9 Å². The van der Waals surface area contributed by atoms with Crippen LogP contribution in [-0.2, 0) is 5.79 Å². The molecule has 1 atom stereocenters. The standard InChI is InChI=1S/C8H10BrN5/c9-6-3-1-2-5(4-6)8(11)12-7(10)13-14-8/h1-4,14H,11H2,(H3,10,12,13). The van der Waals surface area contributed by atoms with E-state index in [-0.39, 0.29) is 5.96 Å². The number of nitrogens with zero attached hydrogens (tertiary/aromatic N) is 1. The Balaban J connectivity index is 2.40. The minimum atomic E-state index is -0.978. The zero-order chi connectivity index (χ0) is 10.2. The van der Waals surface area contributed by atoms with Crippen LogP contribution in [0, 0.1) is 0 Å². The minimum absolute atomic E-state index is 0.285. The van der Waals surface area contributed by atoms with Crippen molar-refractivity contribution in [2.45, 2.75) is 5.79 Å². The van der Waals surface area contributed by atoms with Crippen LogP contribution in [0.5, 0.6) is 0 Å². The molecule has 6 heteroatoms. The first-order valence-corrected chi connectivity index (χ1v) is 4.83. The Labute approximate surface area is 89.7 Å². The van der Waals surface area contributed by atoms with Gasteiger partial charge in [0, 0.05) is 10.0 Å². The number of hydrogen-bond donors (Lipinski definition) is 4. The second-order valence-electron chi connectivity index (χ2n) is 3.02. The molecule has 0 radical (unpaired) electrons. The Kier molecular flexibility index (Phi) is 2.18. The number of benzene rings is 1. The number of rotatable bonds is 1. The molecule has 1 heterocycles. The van der Waals surface area contributed by atoms with Crippen molar-refractivity contribution in [2.75, 3.05) is 0 Å². The number of nitrogens with one attached hydrogen (secondary N) is 2. The molecule has 0 aromatic heterocycles. The average molecular weight is 256 g/mol. The lowest BCUT2D eigenvalue weighted by Crippen LogP contribution is -2.50. The quantitative estimate of drug-likeness (QED) is 0.566. The molecule has 1 aliphatic rings. The summed E-state index contributed by atoms with van der Waals surface area (Å²) in [5.41, 5.74) is 17.8. The smallest absolute Gasteiger partial charge is 0.209 e. The first kappa shape index (κ1) is 9.45. The summed E-state index contributed by atoms with van der Waals surface area (Å²) in [5, 5.41) is 0. The highest BCUT2D eigenvalue weighted by molar-refractivity contribution is 9.10. The molecule has 14 heavy (non-hydrogen) atoms. The molecule has 0 fully saturated rings. The van der Waals surface area contributed by atoms with Gasteiger partial charge < -0.3 is 5.73 Å². The van der Waals surface area contributed by atoms with Crippen LogP contribution in [0.4, 0.5) is 0 Å². The number of halogens is 1. The summed E-state index contributed by atoms with van der Waals surface area (Å²) in [6.45, 7) is 0. The van der Waals surface area contributed by atoms with E-state index in [4.69, 9.17) is 11.5 Å². The lowest BCUT2D eigenvalue weighted by Gasteiger charge is -2.20. The Morgan fingerprint density at radius 2 is 2.21 bits per heavy atom. The molecule has 74 valence electrons. The summed E-state index contributed by atoms with van der Waals surface area (Å²) in [6, 6.07) is 7.57. The maximum absolute atomic E-state index is 5.98. The fraction of sp³-hybridized carbons (Fsp3) is 0.125. The summed E-state index contributed by atoms with van der Waals surface area (Å²) in [7, 11) is 0. The third kappa shape index (κ3) is 1.59. The second kappa shape index (κ2) is 3.23. The van der Waals surface area contributed by atoms with Crippen LogP contribution in [0.15, 0.2) is 33.7 Å². The molecule has 1 aliphatic heterocycles. The molecule has 0 bridgehead atoms. The molecule has 0 saturated heterocycles. The molecule has 1 aromatic carbocycles. The third-order valence-electron chi connectivity index (χ3n) is 1.94. The van der Waals surface area contributed by atoms with Crippen LogP contribution < -0.4 is 22.3 Å². The fourth-order valence-corrected chi connectivity index (χ4v) is 1.67. The molecule has 2 rings (SSSR count). The molecule has 1 aromatic rings. The normalized spacial score (nSPS) is 25.7. The number of guanidine groups is 1. The number of hydrogen-bond acceptors (Lipinski definition) is 5. The van der Waals surface area contributed by atoms with Gasteiger partial charge in [0.15, 0.2) is 0 Å². The minimum Gasteiger partial charge on any atom is -0.369 e. The maximum Gasteiger partial charge on any atom is 0.209 e. The van der Waals surface area contributed by atoms with Crippen LogP contribution in [-0.4, -0.2) is 5.96 Å². The predicted octanol–water partition coefficient (Wildman–Crippen LogP) is -0.0594. The van der Waals surface area contributed by atoms with Gasteiger partial charge >= 0.3 is 0 Å². The van der Waals surface area contributed by atoms with Gasteiger partial charge in [-0.25, -0.2) is 4.99 Å². The molecule has 6 N–H and O–H groups in total. The van der Waals surface area contributed by atoms with Crippen molar-refractivity contribution < 1.29 is 0 Å². The highest BCUT2D eigenvalue weighted by Crippen LogP contribution is 2.21. The van der Waals surface area contributed by atoms with Gasteiger partial charge in [-0.2, -0.15) is 5.43 Å². The first-order chi connectivity index (χ1) is 6.60. The molecular formula is C8H10BrN5. The molecule has 1 unspecified atom stereocenters. The number of aliphatic imine (C=N–C) groups is 1. The highest BCUT2D eigenvalue weighted by atomic mass is 79.9. The summed E-state index contributed by atoms with van der Waals surface area (Å²) in [4.78, 5) is 4.06. The Morgan fingerprint density at radius 3 is 2.79 bits per heavy atom. The van der Waals surface area contributed by atoms with E-state index >= 15 is 0 Å². The summed E-state index contributed by atoms with van der Waals surface area (Å²) < 4.78 is 0.947. The molecule has 0 aliphatic carbocycles. The summed E-state index contributed by atoms with van der Waals surface area (Å²) >= 11 is 3.37. The van der Waals surface area contributed by atoms with Gasteiger partial charge in [-0.3, -0.25) is 11.2 Å². The zero-order valence-corrected chi connectivity index (χ0v) is 8.88. The van der Waals surface area contributed by atoms with Crippen LogP contribution >= 0.6 is 15.9 Å². The SMILES string of the molecule is NC1=NC(N)(c2cccc(Br)c2)NN1. The van der Waals surface area contributed by atoms with E-state index in [1.54, 1.807) is 0 Å². The summed E-state index contributed by atoms with van der Waals surface area (Å²) in [5.74, 6) is -0.694. The highest BCUT2D eigenvalue weighted by Gasteiger charge is 2.31. The van der Waals surface area contributed by atoms with E-state index in [2.05, 4.69) is 31.8 Å². The number of nitrogens with two attached hydrogens (primary N) is 2. The monoisotopic (exact) mass is 255 g/mol.